The first kappa shape index (κ1) is 19.4. The van der Waals surface area contributed by atoms with Crippen LogP contribution in [0, 0.1) is 0 Å². The van der Waals surface area contributed by atoms with E-state index in [2.05, 4.69) is 6.92 Å². The zero-order valence-electron chi connectivity index (χ0n) is 14.7. The minimum absolute atomic E-state index is 0.147. The maximum absolute atomic E-state index is 5.69. The third-order valence-electron chi connectivity index (χ3n) is 3.21. The van der Waals surface area contributed by atoms with Crippen molar-refractivity contribution in [1.82, 2.24) is 0 Å². The summed E-state index contributed by atoms with van der Waals surface area (Å²) in [6, 6.07) is 10.0. The zero-order chi connectivity index (χ0) is 16.8. The molecule has 4 nitrogen and oxygen atoms in total. The summed E-state index contributed by atoms with van der Waals surface area (Å²) < 4.78 is 22.5. The second-order valence-electron chi connectivity index (χ2n) is 5.13. The highest BCUT2D eigenvalue weighted by Gasteiger charge is 2.11. The number of ether oxygens (including phenoxy) is 4. The van der Waals surface area contributed by atoms with Gasteiger partial charge in [0.25, 0.3) is 0 Å². The second-order valence-corrected chi connectivity index (χ2v) is 5.13. The predicted molar refractivity (Wildman–Crippen MR) is 91.6 cm³/mol. The van der Waals surface area contributed by atoms with Gasteiger partial charge in [-0.3, -0.25) is 0 Å². The lowest BCUT2D eigenvalue weighted by Gasteiger charge is -2.16. The van der Waals surface area contributed by atoms with Crippen LogP contribution >= 0.6 is 0 Å². The zero-order valence-corrected chi connectivity index (χ0v) is 14.7. The van der Waals surface area contributed by atoms with Gasteiger partial charge in [0.1, 0.15) is 0 Å². The Morgan fingerprint density at radius 2 is 1.61 bits per heavy atom. The summed E-state index contributed by atoms with van der Waals surface area (Å²) in [6.45, 7) is 7.89. The molecule has 0 N–H and O–H groups in total. The van der Waals surface area contributed by atoms with E-state index in [9.17, 15) is 0 Å². The van der Waals surface area contributed by atoms with Gasteiger partial charge in [0, 0.05) is 6.42 Å². The van der Waals surface area contributed by atoms with E-state index >= 15 is 0 Å². The number of hydrogen-bond acceptors (Lipinski definition) is 4. The van der Waals surface area contributed by atoms with E-state index in [1.165, 1.54) is 12.8 Å². The smallest absolute Gasteiger partial charge is 0.321 e. The molecule has 1 aromatic rings. The van der Waals surface area contributed by atoms with Crippen LogP contribution in [0.4, 0.5) is 0 Å². The topological polar surface area (TPSA) is 36.9 Å². The van der Waals surface area contributed by atoms with Crippen LogP contribution in [0.2, 0.25) is 0 Å². The average Bonchev–Trinajstić information content (AvgIpc) is 2.58. The lowest BCUT2D eigenvalue weighted by molar-refractivity contribution is -0.0873. The lowest BCUT2D eigenvalue weighted by Crippen LogP contribution is -2.08. The van der Waals surface area contributed by atoms with Crippen molar-refractivity contribution >= 4 is 0 Å². The van der Waals surface area contributed by atoms with E-state index in [4.69, 9.17) is 18.9 Å². The molecule has 0 radical (unpaired) electrons. The number of rotatable bonds is 13. The second kappa shape index (κ2) is 12.8. The maximum atomic E-state index is 5.69. The predicted octanol–water partition coefficient (Wildman–Crippen LogP) is 5.00. The summed E-state index contributed by atoms with van der Waals surface area (Å²) in [5.41, 5.74) is 1.12. The van der Waals surface area contributed by atoms with Gasteiger partial charge in [-0.05, 0) is 25.8 Å². The molecule has 0 aromatic heterocycles. The summed E-state index contributed by atoms with van der Waals surface area (Å²) in [4.78, 5) is 0. The molecule has 0 spiro atoms. The van der Waals surface area contributed by atoms with Crippen molar-refractivity contribution in [2.45, 2.75) is 53.1 Å². The molecule has 130 valence electrons. The molecule has 0 fully saturated rings. The molecular formula is C19H30O4. The van der Waals surface area contributed by atoms with E-state index in [-0.39, 0.29) is 6.79 Å². The van der Waals surface area contributed by atoms with Gasteiger partial charge in [0.05, 0.1) is 19.8 Å². The van der Waals surface area contributed by atoms with E-state index in [0.29, 0.717) is 25.8 Å². The van der Waals surface area contributed by atoms with E-state index in [0.717, 1.165) is 24.2 Å². The molecule has 23 heavy (non-hydrogen) atoms. The quantitative estimate of drug-likeness (QED) is 0.291. The summed E-state index contributed by atoms with van der Waals surface area (Å²) in [6.07, 6.45) is 4.23. The normalized spacial score (nSPS) is 11.8. The van der Waals surface area contributed by atoms with Gasteiger partial charge in [0.15, 0.2) is 12.6 Å². The molecule has 1 rings (SSSR count). The van der Waals surface area contributed by atoms with Crippen LogP contribution in [0.5, 0.6) is 0 Å². The third kappa shape index (κ3) is 8.50. The number of hydrogen-bond donors (Lipinski definition) is 0. The van der Waals surface area contributed by atoms with Crippen molar-refractivity contribution in [2.24, 2.45) is 0 Å². The molecule has 0 bridgehead atoms. The number of benzene rings is 1. The van der Waals surface area contributed by atoms with Gasteiger partial charge in [0.2, 0.25) is 0 Å². The molecular weight excluding hydrogens is 292 g/mol. The van der Waals surface area contributed by atoms with Crippen LogP contribution in [0.15, 0.2) is 42.0 Å². The van der Waals surface area contributed by atoms with Gasteiger partial charge in [-0.15, -0.1) is 0 Å². The van der Waals surface area contributed by atoms with Gasteiger partial charge < -0.3 is 18.9 Å². The first-order valence-corrected chi connectivity index (χ1v) is 8.54. The Morgan fingerprint density at radius 3 is 2.26 bits per heavy atom. The molecule has 0 heterocycles. The fraction of sp³-hybridized carbons (Fsp3) is 0.579. The fourth-order valence-electron chi connectivity index (χ4n) is 2.11. The van der Waals surface area contributed by atoms with Crippen molar-refractivity contribution in [3.05, 3.63) is 47.6 Å². The Labute approximate surface area is 140 Å². The van der Waals surface area contributed by atoms with Gasteiger partial charge >= 0.3 is 5.95 Å². The molecule has 0 atom stereocenters. The van der Waals surface area contributed by atoms with E-state index < -0.39 is 0 Å². The molecule has 0 saturated carbocycles. The average molecular weight is 322 g/mol. The maximum Gasteiger partial charge on any atom is 0.321 e. The molecule has 0 aliphatic carbocycles. The highest BCUT2D eigenvalue weighted by molar-refractivity contribution is 5.13. The number of allylic oxidation sites excluding steroid dienone is 1. The minimum atomic E-state index is 0.147. The molecule has 0 amide bonds. The van der Waals surface area contributed by atoms with Crippen molar-refractivity contribution in [3.8, 4) is 0 Å². The molecule has 0 aliphatic rings. The molecule has 1 aromatic carbocycles. The van der Waals surface area contributed by atoms with Crippen LogP contribution in [0.1, 0.15) is 52.0 Å². The Bertz CT molecular complexity index is 428. The first-order chi connectivity index (χ1) is 11.3. The molecule has 0 saturated heterocycles. The Balaban J connectivity index is 2.50. The van der Waals surface area contributed by atoms with Crippen molar-refractivity contribution < 1.29 is 18.9 Å². The standard InChI is InChI=1S/C19H30O4/c1-4-7-9-14-18(21-5-2)19(22-6-3)23-16-20-15-17-12-10-8-11-13-17/h8,10-13H,4-7,9,14-16H2,1-3H3/b19-18-. The molecule has 4 heteroatoms. The highest BCUT2D eigenvalue weighted by Crippen LogP contribution is 2.18. The van der Waals surface area contributed by atoms with Crippen LogP contribution < -0.4 is 0 Å². The van der Waals surface area contributed by atoms with E-state index in [1.54, 1.807) is 0 Å². The Morgan fingerprint density at radius 1 is 0.870 bits per heavy atom. The first-order valence-electron chi connectivity index (χ1n) is 8.54. The molecule has 0 aliphatic heterocycles. The monoisotopic (exact) mass is 322 g/mol. The van der Waals surface area contributed by atoms with Gasteiger partial charge in [-0.25, -0.2) is 0 Å². The van der Waals surface area contributed by atoms with Crippen molar-refractivity contribution in [3.63, 3.8) is 0 Å². The molecule has 0 unspecified atom stereocenters. The van der Waals surface area contributed by atoms with Crippen LogP contribution in [0.25, 0.3) is 0 Å². The van der Waals surface area contributed by atoms with Crippen molar-refractivity contribution in [2.75, 3.05) is 20.0 Å². The summed E-state index contributed by atoms with van der Waals surface area (Å²) >= 11 is 0. The Kier molecular flexibility index (Phi) is 10.8. The van der Waals surface area contributed by atoms with Gasteiger partial charge in [-0.1, -0.05) is 50.1 Å². The van der Waals surface area contributed by atoms with Crippen LogP contribution in [0.3, 0.4) is 0 Å². The third-order valence-corrected chi connectivity index (χ3v) is 3.21. The van der Waals surface area contributed by atoms with E-state index in [1.807, 2.05) is 44.2 Å². The summed E-state index contributed by atoms with van der Waals surface area (Å²) in [5.74, 6) is 1.24. The SMILES string of the molecule is CCCCC/C(OCC)=C(\OCC)OCOCc1ccccc1. The van der Waals surface area contributed by atoms with Gasteiger partial charge in [-0.2, -0.15) is 0 Å². The number of unbranched alkanes of at least 4 members (excludes halogenated alkanes) is 2. The van der Waals surface area contributed by atoms with Crippen LogP contribution in [-0.4, -0.2) is 20.0 Å². The summed E-state index contributed by atoms with van der Waals surface area (Å²) in [5, 5.41) is 0. The fourth-order valence-corrected chi connectivity index (χ4v) is 2.11. The minimum Gasteiger partial charge on any atom is -0.491 e. The largest absolute Gasteiger partial charge is 0.491 e. The van der Waals surface area contributed by atoms with Crippen molar-refractivity contribution in [1.29, 1.82) is 0 Å². The highest BCUT2D eigenvalue weighted by atomic mass is 16.7. The van der Waals surface area contributed by atoms with Crippen LogP contribution in [-0.2, 0) is 25.6 Å². The lowest BCUT2D eigenvalue weighted by atomic mass is 10.2. The summed E-state index contributed by atoms with van der Waals surface area (Å²) in [7, 11) is 0. The Hall–Kier alpha value is -1.68.